The van der Waals surface area contributed by atoms with Crippen molar-refractivity contribution < 1.29 is 0 Å². The molecule has 0 radical (unpaired) electrons. The molecule has 0 bridgehead atoms. The Hall–Kier alpha value is -0.910. The second kappa shape index (κ2) is 11.7. The molecular formula is C20H39N5. The van der Waals surface area contributed by atoms with E-state index in [0.717, 1.165) is 45.0 Å². The van der Waals surface area contributed by atoms with Crippen LogP contribution < -0.4 is 10.6 Å². The van der Waals surface area contributed by atoms with Crippen LogP contribution in [0.5, 0.6) is 0 Å². The van der Waals surface area contributed by atoms with E-state index in [1.165, 1.54) is 50.6 Å². The van der Waals surface area contributed by atoms with Crippen LogP contribution in [0.3, 0.4) is 0 Å². The van der Waals surface area contributed by atoms with Crippen molar-refractivity contribution in [1.82, 2.24) is 25.3 Å². The summed E-state index contributed by atoms with van der Waals surface area (Å²) < 4.78 is 2.12. The van der Waals surface area contributed by atoms with Gasteiger partial charge in [-0.15, -0.1) is 0 Å². The monoisotopic (exact) mass is 349 g/mol. The number of rotatable bonds is 9. The highest BCUT2D eigenvalue weighted by Gasteiger charge is 2.16. The largest absolute Gasteiger partial charge is 0.314 e. The van der Waals surface area contributed by atoms with Crippen molar-refractivity contribution in [3.05, 3.63) is 17.5 Å². The zero-order valence-corrected chi connectivity index (χ0v) is 16.7. The molecule has 1 atom stereocenters. The molecule has 2 rings (SSSR count). The second-order valence-corrected chi connectivity index (χ2v) is 7.59. The molecule has 144 valence electrons. The summed E-state index contributed by atoms with van der Waals surface area (Å²) in [4.78, 5) is 2.64. The summed E-state index contributed by atoms with van der Waals surface area (Å²) in [5.41, 5.74) is 2.43. The first-order valence-corrected chi connectivity index (χ1v) is 10.4. The van der Waals surface area contributed by atoms with Crippen LogP contribution in [0.25, 0.3) is 0 Å². The molecule has 1 aromatic heterocycles. The van der Waals surface area contributed by atoms with Crippen molar-refractivity contribution in [2.45, 2.75) is 71.9 Å². The van der Waals surface area contributed by atoms with Gasteiger partial charge in [0.25, 0.3) is 0 Å². The first kappa shape index (κ1) is 20.4. The molecule has 5 nitrogen and oxygen atoms in total. The van der Waals surface area contributed by atoms with Crippen LogP contribution in [0.1, 0.15) is 56.7 Å². The van der Waals surface area contributed by atoms with Gasteiger partial charge in [0, 0.05) is 45.0 Å². The van der Waals surface area contributed by atoms with E-state index < -0.39 is 0 Å². The van der Waals surface area contributed by atoms with E-state index in [1.807, 2.05) is 0 Å². The van der Waals surface area contributed by atoms with E-state index in [4.69, 9.17) is 0 Å². The molecule has 5 heteroatoms. The van der Waals surface area contributed by atoms with Crippen LogP contribution in [0.2, 0.25) is 0 Å². The van der Waals surface area contributed by atoms with Crippen molar-refractivity contribution >= 4 is 0 Å². The van der Waals surface area contributed by atoms with Crippen molar-refractivity contribution in [3.8, 4) is 0 Å². The average molecular weight is 350 g/mol. The zero-order chi connectivity index (χ0) is 17.9. The first-order chi connectivity index (χ1) is 12.2. The van der Waals surface area contributed by atoms with Gasteiger partial charge in [-0.05, 0) is 32.4 Å². The lowest BCUT2D eigenvalue weighted by molar-refractivity contribution is 0.233. The highest BCUT2D eigenvalue weighted by molar-refractivity contribution is 5.12. The number of hydrogen-bond acceptors (Lipinski definition) is 4. The van der Waals surface area contributed by atoms with E-state index in [1.54, 1.807) is 0 Å². The number of nitrogens with one attached hydrogen (secondary N) is 2. The van der Waals surface area contributed by atoms with E-state index in [9.17, 15) is 0 Å². The van der Waals surface area contributed by atoms with E-state index >= 15 is 0 Å². The molecule has 1 saturated heterocycles. The molecule has 1 unspecified atom stereocenters. The van der Waals surface area contributed by atoms with Crippen LogP contribution in [-0.4, -0.2) is 60.0 Å². The van der Waals surface area contributed by atoms with Crippen LogP contribution >= 0.6 is 0 Å². The summed E-state index contributed by atoms with van der Waals surface area (Å²) in [7, 11) is 0. The van der Waals surface area contributed by atoms with Crippen molar-refractivity contribution in [2.24, 2.45) is 0 Å². The third-order valence-corrected chi connectivity index (χ3v) is 5.25. The third-order valence-electron chi connectivity index (χ3n) is 5.25. The van der Waals surface area contributed by atoms with Gasteiger partial charge in [-0.1, -0.05) is 39.0 Å². The molecule has 0 aromatic carbocycles. The Morgan fingerprint density at radius 2 is 1.88 bits per heavy atom. The van der Waals surface area contributed by atoms with Gasteiger partial charge >= 0.3 is 0 Å². The fraction of sp³-hybridized carbons (Fsp3) is 0.850. The Balaban J connectivity index is 1.80. The molecule has 1 aliphatic rings. The molecule has 25 heavy (non-hydrogen) atoms. The number of aryl methyl sites for hydroxylation is 2. The Bertz CT molecular complexity index is 451. The Morgan fingerprint density at radius 3 is 2.64 bits per heavy atom. The van der Waals surface area contributed by atoms with E-state index in [0.29, 0.717) is 6.04 Å². The van der Waals surface area contributed by atoms with Crippen LogP contribution in [0.4, 0.5) is 0 Å². The molecule has 1 aliphatic heterocycles. The predicted octanol–water partition coefficient (Wildman–Crippen LogP) is 2.72. The summed E-state index contributed by atoms with van der Waals surface area (Å²) in [6.45, 7) is 14.2. The predicted molar refractivity (Wildman–Crippen MR) is 106 cm³/mol. The third kappa shape index (κ3) is 7.89. The molecule has 2 heterocycles. The van der Waals surface area contributed by atoms with E-state index in [-0.39, 0.29) is 0 Å². The van der Waals surface area contributed by atoms with Crippen LogP contribution in [-0.2, 0) is 6.54 Å². The molecule has 1 fully saturated rings. The summed E-state index contributed by atoms with van der Waals surface area (Å²) >= 11 is 0. The van der Waals surface area contributed by atoms with E-state index in [2.05, 4.69) is 52.3 Å². The standard InChI is InChI=1S/C20H39N5/c1-4-5-6-7-8-9-13-24-14-12-21-10-11-22-20(16-24)17-25-15-18(2)19(3)23-25/h15,20-22H,4-14,16-17H2,1-3H3. The maximum Gasteiger partial charge on any atom is 0.0622 e. The normalized spacial score (nSPS) is 20.2. The summed E-state index contributed by atoms with van der Waals surface area (Å²) in [6.07, 6.45) is 10.4. The lowest BCUT2D eigenvalue weighted by atomic mass is 10.1. The molecule has 0 saturated carbocycles. The highest BCUT2D eigenvalue weighted by Crippen LogP contribution is 2.08. The fourth-order valence-electron chi connectivity index (χ4n) is 3.57. The zero-order valence-electron chi connectivity index (χ0n) is 16.7. The summed E-state index contributed by atoms with van der Waals surface area (Å²) in [6, 6.07) is 0.471. The maximum absolute atomic E-state index is 4.65. The molecule has 0 spiro atoms. The van der Waals surface area contributed by atoms with Gasteiger partial charge < -0.3 is 15.5 Å². The lowest BCUT2D eigenvalue weighted by Crippen LogP contribution is -2.44. The molecule has 0 amide bonds. The van der Waals surface area contributed by atoms with Gasteiger partial charge in [0.15, 0.2) is 0 Å². The number of unbranched alkanes of at least 4 members (excludes halogenated alkanes) is 5. The smallest absolute Gasteiger partial charge is 0.0622 e. The average Bonchev–Trinajstić information content (AvgIpc) is 2.95. The highest BCUT2D eigenvalue weighted by atomic mass is 15.3. The quantitative estimate of drug-likeness (QED) is 0.673. The molecular weight excluding hydrogens is 310 g/mol. The van der Waals surface area contributed by atoms with Crippen molar-refractivity contribution in [1.29, 1.82) is 0 Å². The van der Waals surface area contributed by atoms with Crippen molar-refractivity contribution in [2.75, 3.05) is 39.3 Å². The fourth-order valence-corrected chi connectivity index (χ4v) is 3.57. The van der Waals surface area contributed by atoms with Crippen LogP contribution in [0, 0.1) is 13.8 Å². The summed E-state index contributed by atoms with van der Waals surface area (Å²) in [5, 5.41) is 11.9. The summed E-state index contributed by atoms with van der Waals surface area (Å²) in [5.74, 6) is 0. The van der Waals surface area contributed by atoms with Gasteiger partial charge in [-0.2, -0.15) is 5.10 Å². The Kier molecular flexibility index (Phi) is 9.51. The first-order valence-electron chi connectivity index (χ1n) is 10.4. The lowest BCUT2D eigenvalue weighted by Gasteiger charge is -2.27. The molecule has 0 aliphatic carbocycles. The van der Waals surface area contributed by atoms with Gasteiger partial charge in [0.05, 0.1) is 12.2 Å². The number of hydrogen-bond donors (Lipinski definition) is 2. The van der Waals surface area contributed by atoms with Gasteiger partial charge in [0.2, 0.25) is 0 Å². The topological polar surface area (TPSA) is 45.1 Å². The minimum Gasteiger partial charge on any atom is -0.314 e. The SMILES string of the molecule is CCCCCCCCN1CCNCCNC(Cn2cc(C)c(C)n2)C1. The Labute approximate surface area is 154 Å². The minimum absolute atomic E-state index is 0.471. The maximum atomic E-state index is 4.65. The van der Waals surface area contributed by atoms with Gasteiger partial charge in [-0.25, -0.2) is 0 Å². The number of nitrogens with zero attached hydrogens (tertiary/aromatic N) is 3. The molecule has 2 N–H and O–H groups in total. The number of aromatic nitrogens is 2. The second-order valence-electron chi connectivity index (χ2n) is 7.59. The van der Waals surface area contributed by atoms with Crippen LogP contribution in [0.15, 0.2) is 6.20 Å². The van der Waals surface area contributed by atoms with Gasteiger partial charge in [0.1, 0.15) is 0 Å². The van der Waals surface area contributed by atoms with Crippen molar-refractivity contribution in [3.63, 3.8) is 0 Å². The Morgan fingerprint density at radius 1 is 1.08 bits per heavy atom. The van der Waals surface area contributed by atoms with Gasteiger partial charge in [-0.3, -0.25) is 4.68 Å². The molecule has 1 aromatic rings. The minimum atomic E-state index is 0.471.